The van der Waals surface area contributed by atoms with Crippen LogP contribution in [0.4, 0.5) is 0 Å². The summed E-state index contributed by atoms with van der Waals surface area (Å²) in [4.78, 5) is 4.33. The fourth-order valence-electron chi connectivity index (χ4n) is 1.19. The molecule has 5 heteroatoms. The Hall–Kier alpha value is -0.550. The lowest BCUT2D eigenvalue weighted by Crippen LogP contribution is -2.32. The fourth-order valence-corrected chi connectivity index (χ4v) is 1.92. The van der Waals surface area contributed by atoms with Gasteiger partial charge in [-0.05, 0) is 32.4 Å². The molecule has 0 aliphatic carbocycles. The third-order valence-electron chi connectivity index (χ3n) is 2.07. The lowest BCUT2D eigenvalue weighted by atomic mass is 10.0. The Morgan fingerprint density at radius 3 is 2.81 bits per heavy atom. The molecule has 0 aliphatic heterocycles. The first-order valence-electron chi connectivity index (χ1n) is 5.69. The Bertz CT molecular complexity index is 306. The van der Waals surface area contributed by atoms with E-state index in [9.17, 15) is 0 Å². The van der Waals surface area contributed by atoms with Crippen LogP contribution in [-0.2, 0) is 12.2 Å². The van der Waals surface area contributed by atoms with Crippen LogP contribution in [0.3, 0.4) is 0 Å². The standard InChI is InChI=1S/C11H21N3OS/c1-4-7-16-8-9-13-10(15-14-9)5-6-11(2,3)12/h4-8,12H2,1-3H3. The van der Waals surface area contributed by atoms with Crippen molar-refractivity contribution in [1.82, 2.24) is 10.1 Å². The summed E-state index contributed by atoms with van der Waals surface area (Å²) < 4.78 is 5.16. The Balaban J connectivity index is 2.33. The van der Waals surface area contributed by atoms with Crippen molar-refractivity contribution in [1.29, 1.82) is 0 Å². The van der Waals surface area contributed by atoms with E-state index in [0.717, 1.165) is 30.2 Å². The summed E-state index contributed by atoms with van der Waals surface area (Å²) >= 11 is 1.83. The number of nitrogens with zero attached hydrogens (tertiary/aromatic N) is 2. The van der Waals surface area contributed by atoms with E-state index in [0.29, 0.717) is 5.89 Å². The molecular formula is C11H21N3OS. The second-order valence-corrected chi connectivity index (χ2v) is 5.75. The molecule has 1 aromatic heterocycles. The molecule has 0 atom stereocenters. The Labute approximate surface area is 101 Å². The fraction of sp³-hybridized carbons (Fsp3) is 0.818. The summed E-state index contributed by atoms with van der Waals surface area (Å²) in [7, 11) is 0. The van der Waals surface area contributed by atoms with Crippen LogP contribution in [0, 0.1) is 0 Å². The number of rotatable bonds is 7. The van der Waals surface area contributed by atoms with Gasteiger partial charge in [-0.25, -0.2) is 0 Å². The second kappa shape index (κ2) is 6.25. The number of aromatic nitrogens is 2. The van der Waals surface area contributed by atoms with Gasteiger partial charge in [-0.3, -0.25) is 0 Å². The van der Waals surface area contributed by atoms with Crippen molar-refractivity contribution < 1.29 is 4.52 Å². The molecule has 0 amide bonds. The Morgan fingerprint density at radius 1 is 1.44 bits per heavy atom. The van der Waals surface area contributed by atoms with E-state index in [-0.39, 0.29) is 5.54 Å². The van der Waals surface area contributed by atoms with Gasteiger partial charge in [0.2, 0.25) is 5.89 Å². The quantitative estimate of drug-likeness (QED) is 0.745. The monoisotopic (exact) mass is 243 g/mol. The molecule has 0 unspecified atom stereocenters. The summed E-state index contributed by atoms with van der Waals surface area (Å²) in [5.41, 5.74) is 5.72. The van der Waals surface area contributed by atoms with Crippen molar-refractivity contribution in [2.45, 2.75) is 51.3 Å². The topological polar surface area (TPSA) is 64.9 Å². The maximum Gasteiger partial charge on any atom is 0.226 e. The molecule has 1 rings (SSSR count). The van der Waals surface area contributed by atoms with Gasteiger partial charge in [0.05, 0.1) is 5.75 Å². The van der Waals surface area contributed by atoms with Crippen molar-refractivity contribution >= 4 is 11.8 Å². The molecule has 92 valence electrons. The Kier molecular flexibility index (Phi) is 5.28. The van der Waals surface area contributed by atoms with Crippen molar-refractivity contribution in [3.63, 3.8) is 0 Å². The molecule has 4 nitrogen and oxygen atoms in total. The van der Waals surface area contributed by atoms with Gasteiger partial charge in [0.25, 0.3) is 0 Å². The van der Waals surface area contributed by atoms with E-state index in [1.54, 1.807) is 0 Å². The molecule has 16 heavy (non-hydrogen) atoms. The van der Waals surface area contributed by atoms with E-state index >= 15 is 0 Å². The largest absolute Gasteiger partial charge is 0.339 e. The number of aryl methyl sites for hydroxylation is 1. The van der Waals surface area contributed by atoms with E-state index in [4.69, 9.17) is 10.3 Å². The summed E-state index contributed by atoms with van der Waals surface area (Å²) in [6, 6.07) is 0. The van der Waals surface area contributed by atoms with Gasteiger partial charge in [0.15, 0.2) is 5.82 Å². The van der Waals surface area contributed by atoms with Gasteiger partial charge in [0, 0.05) is 12.0 Å². The first-order chi connectivity index (χ1) is 7.51. The third-order valence-corrected chi connectivity index (χ3v) is 3.23. The van der Waals surface area contributed by atoms with E-state index in [1.807, 2.05) is 25.6 Å². The molecule has 0 aromatic carbocycles. The highest BCUT2D eigenvalue weighted by atomic mass is 32.2. The van der Waals surface area contributed by atoms with Gasteiger partial charge >= 0.3 is 0 Å². The molecule has 0 aliphatic rings. The molecule has 1 heterocycles. The van der Waals surface area contributed by atoms with Gasteiger partial charge in [-0.1, -0.05) is 12.1 Å². The molecule has 0 spiro atoms. The van der Waals surface area contributed by atoms with Crippen LogP contribution >= 0.6 is 11.8 Å². The third kappa shape index (κ3) is 5.51. The minimum Gasteiger partial charge on any atom is -0.339 e. The number of hydrogen-bond donors (Lipinski definition) is 1. The summed E-state index contributed by atoms with van der Waals surface area (Å²) in [5.74, 6) is 3.47. The van der Waals surface area contributed by atoms with Crippen LogP contribution in [0.15, 0.2) is 4.52 Å². The molecule has 0 radical (unpaired) electrons. The molecule has 2 N–H and O–H groups in total. The Morgan fingerprint density at radius 2 is 2.19 bits per heavy atom. The lowest BCUT2D eigenvalue weighted by Gasteiger charge is -2.16. The molecular weight excluding hydrogens is 222 g/mol. The SMILES string of the molecule is CCCSCc1noc(CCC(C)(C)N)n1. The van der Waals surface area contributed by atoms with Crippen molar-refractivity contribution in [2.75, 3.05) is 5.75 Å². The van der Waals surface area contributed by atoms with Gasteiger partial charge in [0.1, 0.15) is 0 Å². The summed E-state index contributed by atoms with van der Waals surface area (Å²) in [6.07, 6.45) is 2.79. The first kappa shape index (κ1) is 13.5. The molecule has 0 bridgehead atoms. The molecule has 0 saturated heterocycles. The van der Waals surface area contributed by atoms with Crippen LogP contribution in [0.5, 0.6) is 0 Å². The number of hydrogen-bond acceptors (Lipinski definition) is 5. The van der Waals surface area contributed by atoms with Crippen molar-refractivity contribution in [3.8, 4) is 0 Å². The zero-order chi connectivity index (χ0) is 12.0. The highest BCUT2D eigenvalue weighted by Gasteiger charge is 2.13. The molecule has 0 fully saturated rings. The van der Waals surface area contributed by atoms with Crippen LogP contribution in [-0.4, -0.2) is 21.4 Å². The normalized spacial score (nSPS) is 12.0. The molecule has 1 aromatic rings. The predicted molar refractivity (Wildman–Crippen MR) is 67.3 cm³/mol. The smallest absolute Gasteiger partial charge is 0.226 e. The maximum absolute atomic E-state index is 5.89. The van der Waals surface area contributed by atoms with Crippen LogP contribution in [0.25, 0.3) is 0 Å². The van der Waals surface area contributed by atoms with E-state index < -0.39 is 0 Å². The summed E-state index contributed by atoms with van der Waals surface area (Å²) in [5, 5.41) is 3.94. The van der Waals surface area contributed by atoms with Crippen LogP contribution in [0.1, 0.15) is 45.3 Å². The van der Waals surface area contributed by atoms with Crippen LogP contribution in [0.2, 0.25) is 0 Å². The van der Waals surface area contributed by atoms with Crippen molar-refractivity contribution in [3.05, 3.63) is 11.7 Å². The predicted octanol–water partition coefficient (Wildman–Crippen LogP) is 2.38. The minimum atomic E-state index is -0.175. The molecule has 0 saturated carbocycles. The average Bonchev–Trinajstić information content (AvgIpc) is 2.62. The van der Waals surface area contributed by atoms with Gasteiger partial charge < -0.3 is 10.3 Å². The first-order valence-corrected chi connectivity index (χ1v) is 6.85. The number of nitrogens with two attached hydrogens (primary N) is 1. The van der Waals surface area contributed by atoms with E-state index in [1.165, 1.54) is 6.42 Å². The number of thioether (sulfide) groups is 1. The summed E-state index contributed by atoms with van der Waals surface area (Å²) in [6.45, 7) is 6.17. The minimum absolute atomic E-state index is 0.175. The average molecular weight is 243 g/mol. The zero-order valence-corrected chi connectivity index (χ0v) is 11.1. The van der Waals surface area contributed by atoms with Gasteiger partial charge in [-0.15, -0.1) is 0 Å². The van der Waals surface area contributed by atoms with Gasteiger partial charge in [-0.2, -0.15) is 16.7 Å². The highest BCUT2D eigenvalue weighted by molar-refractivity contribution is 7.98. The highest BCUT2D eigenvalue weighted by Crippen LogP contribution is 2.13. The maximum atomic E-state index is 5.89. The lowest BCUT2D eigenvalue weighted by molar-refractivity contribution is 0.355. The van der Waals surface area contributed by atoms with E-state index in [2.05, 4.69) is 17.1 Å². The second-order valence-electron chi connectivity index (χ2n) is 4.65. The zero-order valence-electron chi connectivity index (χ0n) is 10.3. The van der Waals surface area contributed by atoms with Crippen LogP contribution < -0.4 is 5.73 Å². The van der Waals surface area contributed by atoms with Crippen molar-refractivity contribution in [2.24, 2.45) is 5.73 Å².